The van der Waals surface area contributed by atoms with Gasteiger partial charge in [0, 0.05) is 12.1 Å². The van der Waals surface area contributed by atoms with Gasteiger partial charge in [0.25, 0.3) is 5.91 Å². The van der Waals surface area contributed by atoms with Crippen LogP contribution < -0.4 is 5.32 Å². The van der Waals surface area contributed by atoms with E-state index in [0.29, 0.717) is 18.5 Å². The Balaban J connectivity index is 2.05. The number of carbonyl (C=O) groups excluding carboxylic acids is 2. The topological polar surface area (TPSA) is 86.7 Å². The second kappa shape index (κ2) is 6.18. The number of nitrogens with zero attached hydrogens (tertiary/aromatic N) is 1. The first-order valence-corrected chi connectivity index (χ1v) is 6.45. The van der Waals surface area contributed by atoms with Crippen LogP contribution in [0.5, 0.6) is 0 Å². The molecule has 1 saturated heterocycles. The first kappa shape index (κ1) is 14.0. The van der Waals surface area contributed by atoms with Crippen LogP contribution in [-0.2, 0) is 9.59 Å². The zero-order chi connectivity index (χ0) is 14.5. The number of hydrogen-bond donors (Lipinski definition) is 2. The summed E-state index contributed by atoms with van der Waals surface area (Å²) in [5.41, 5.74) is 0.533. The Morgan fingerprint density at radius 1 is 1.25 bits per heavy atom. The van der Waals surface area contributed by atoms with Crippen molar-refractivity contribution in [2.24, 2.45) is 0 Å². The van der Waals surface area contributed by atoms with Crippen LogP contribution in [0.15, 0.2) is 30.3 Å². The number of carbonyl (C=O) groups is 3. The van der Waals surface area contributed by atoms with E-state index in [1.807, 2.05) is 6.07 Å². The molecule has 0 spiro atoms. The summed E-state index contributed by atoms with van der Waals surface area (Å²) >= 11 is 0. The quantitative estimate of drug-likeness (QED) is 0.838. The van der Waals surface area contributed by atoms with Crippen molar-refractivity contribution in [1.29, 1.82) is 0 Å². The van der Waals surface area contributed by atoms with Gasteiger partial charge in [-0.05, 0) is 25.0 Å². The van der Waals surface area contributed by atoms with Crippen molar-refractivity contribution in [1.82, 2.24) is 10.2 Å². The molecule has 2 N–H and O–H groups in total. The van der Waals surface area contributed by atoms with Gasteiger partial charge in [-0.2, -0.15) is 0 Å². The van der Waals surface area contributed by atoms with E-state index in [1.165, 1.54) is 4.90 Å². The maximum atomic E-state index is 12.3. The van der Waals surface area contributed by atoms with E-state index in [2.05, 4.69) is 5.32 Å². The second-order valence-corrected chi connectivity index (χ2v) is 4.63. The van der Waals surface area contributed by atoms with Gasteiger partial charge in [-0.3, -0.25) is 14.4 Å². The van der Waals surface area contributed by atoms with Gasteiger partial charge in [0.05, 0.1) is 0 Å². The largest absolute Gasteiger partial charge is 0.480 e. The molecule has 6 nitrogen and oxygen atoms in total. The van der Waals surface area contributed by atoms with Gasteiger partial charge in [0.2, 0.25) is 5.91 Å². The normalized spacial score (nSPS) is 17.8. The minimum atomic E-state index is -1.10. The maximum Gasteiger partial charge on any atom is 0.322 e. The number of rotatable bonds is 4. The summed E-state index contributed by atoms with van der Waals surface area (Å²) in [5, 5.41) is 10.9. The molecule has 0 saturated carbocycles. The molecule has 1 aromatic carbocycles. The van der Waals surface area contributed by atoms with E-state index >= 15 is 0 Å². The van der Waals surface area contributed by atoms with Crippen LogP contribution >= 0.6 is 0 Å². The molecule has 1 atom stereocenters. The Hall–Kier alpha value is -2.37. The average Bonchev–Trinajstić information content (AvgIpc) is 2.94. The van der Waals surface area contributed by atoms with E-state index in [0.717, 1.165) is 6.42 Å². The van der Waals surface area contributed by atoms with E-state index in [4.69, 9.17) is 5.11 Å². The molecule has 106 valence electrons. The zero-order valence-corrected chi connectivity index (χ0v) is 10.9. The van der Waals surface area contributed by atoms with E-state index < -0.39 is 24.5 Å². The third-order valence-electron chi connectivity index (χ3n) is 3.25. The van der Waals surface area contributed by atoms with E-state index in [1.54, 1.807) is 24.3 Å². The fourth-order valence-corrected chi connectivity index (χ4v) is 2.31. The summed E-state index contributed by atoms with van der Waals surface area (Å²) in [6, 6.07) is 8.17. The van der Waals surface area contributed by atoms with Gasteiger partial charge in [-0.25, -0.2) is 0 Å². The van der Waals surface area contributed by atoms with Gasteiger partial charge < -0.3 is 15.3 Å². The van der Waals surface area contributed by atoms with Crippen LogP contribution in [0.2, 0.25) is 0 Å². The maximum absolute atomic E-state index is 12.3. The lowest BCUT2D eigenvalue weighted by molar-refractivity contribution is -0.138. The number of benzene rings is 1. The fraction of sp³-hybridized carbons (Fsp3) is 0.357. The Morgan fingerprint density at radius 3 is 2.60 bits per heavy atom. The van der Waals surface area contributed by atoms with Crippen LogP contribution in [-0.4, -0.2) is 46.9 Å². The van der Waals surface area contributed by atoms with Crippen LogP contribution in [0.1, 0.15) is 23.2 Å². The van der Waals surface area contributed by atoms with E-state index in [-0.39, 0.29) is 5.91 Å². The Bertz CT molecular complexity index is 515. The van der Waals surface area contributed by atoms with Crippen LogP contribution in [0.25, 0.3) is 0 Å². The Morgan fingerprint density at radius 2 is 1.95 bits per heavy atom. The summed E-state index contributed by atoms with van der Waals surface area (Å²) < 4.78 is 0. The number of carboxylic acid groups (broad SMARTS) is 1. The van der Waals surface area contributed by atoms with Crippen molar-refractivity contribution in [3.05, 3.63) is 35.9 Å². The molecule has 0 aliphatic carbocycles. The SMILES string of the molecule is O=C(O)CNC(=O)C1CCCN1C(=O)c1ccccc1. The van der Waals surface area contributed by atoms with Gasteiger partial charge in [-0.1, -0.05) is 18.2 Å². The highest BCUT2D eigenvalue weighted by molar-refractivity contribution is 5.98. The zero-order valence-electron chi connectivity index (χ0n) is 10.9. The fourth-order valence-electron chi connectivity index (χ4n) is 2.31. The number of nitrogens with one attached hydrogen (secondary N) is 1. The monoisotopic (exact) mass is 276 g/mol. The molecular weight excluding hydrogens is 260 g/mol. The Labute approximate surface area is 116 Å². The third kappa shape index (κ3) is 3.14. The molecule has 2 rings (SSSR count). The molecule has 1 heterocycles. The van der Waals surface area contributed by atoms with Crippen LogP contribution in [0.4, 0.5) is 0 Å². The predicted molar refractivity (Wildman–Crippen MR) is 71.1 cm³/mol. The minimum absolute atomic E-state index is 0.196. The lowest BCUT2D eigenvalue weighted by Crippen LogP contribution is -2.47. The summed E-state index contributed by atoms with van der Waals surface area (Å²) in [7, 11) is 0. The molecule has 6 heteroatoms. The number of carboxylic acids is 1. The smallest absolute Gasteiger partial charge is 0.322 e. The van der Waals surface area contributed by atoms with Gasteiger partial charge >= 0.3 is 5.97 Å². The number of aliphatic carboxylic acids is 1. The molecule has 1 aliphatic rings. The number of hydrogen-bond acceptors (Lipinski definition) is 3. The second-order valence-electron chi connectivity index (χ2n) is 4.63. The molecule has 0 bridgehead atoms. The third-order valence-corrected chi connectivity index (χ3v) is 3.25. The van der Waals surface area contributed by atoms with Crippen molar-refractivity contribution in [2.75, 3.05) is 13.1 Å². The van der Waals surface area contributed by atoms with Crippen LogP contribution in [0.3, 0.4) is 0 Å². The summed E-state index contributed by atoms with van der Waals surface area (Å²) in [6.07, 6.45) is 1.30. The molecular formula is C14H16N2O4. The lowest BCUT2D eigenvalue weighted by Gasteiger charge is -2.23. The van der Waals surface area contributed by atoms with Crippen molar-refractivity contribution in [3.63, 3.8) is 0 Å². The first-order valence-electron chi connectivity index (χ1n) is 6.45. The van der Waals surface area contributed by atoms with E-state index in [9.17, 15) is 14.4 Å². The standard InChI is InChI=1S/C14H16N2O4/c17-12(18)9-15-13(19)11-7-4-8-16(11)14(20)10-5-2-1-3-6-10/h1-3,5-6,11H,4,7-9H2,(H,15,19)(H,17,18). The van der Waals surface area contributed by atoms with Gasteiger partial charge in [0.15, 0.2) is 0 Å². The van der Waals surface area contributed by atoms with Crippen molar-refractivity contribution in [2.45, 2.75) is 18.9 Å². The molecule has 2 amide bonds. The van der Waals surface area contributed by atoms with Crippen molar-refractivity contribution < 1.29 is 19.5 Å². The minimum Gasteiger partial charge on any atom is -0.480 e. The summed E-state index contributed by atoms with van der Waals surface area (Å²) in [4.78, 5) is 36.2. The molecule has 0 radical (unpaired) electrons. The molecule has 1 aliphatic heterocycles. The van der Waals surface area contributed by atoms with Gasteiger partial charge in [0.1, 0.15) is 12.6 Å². The lowest BCUT2D eigenvalue weighted by atomic mass is 10.1. The Kier molecular flexibility index (Phi) is 4.34. The highest BCUT2D eigenvalue weighted by Crippen LogP contribution is 2.20. The first-order chi connectivity index (χ1) is 9.59. The average molecular weight is 276 g/mol. The predicted octanol–water partition coefficient (Wildman–Crippen LogP) is 0.492. The number of amides is 2. The van der Waals surface area contributed by atoms with Crippen molar-refractivity contribution in [3.8, 4) is 0 Å². The van der Waals surface area contributed by atoms with Crippen LogP contribution in [0, 0.1) is 0 Å². The molecule has 1 unspecified atom stereocenters. The molecule has 0 aromatic heterocycles. The highest BCUT2D eigenvalue weighted by Gasteiger charge is 2.34. The van der Waals surface area contributed by atoms with Gasteiger partial charge in [-0.15, -0.1) is 0 Å². The summed E-state index contributed by atoms with van der Waals surface area (Å²) in [6.45, 7) is 0.0849. The highest BCUT2D eigenvalue weighted by atomic mass is 16.4. The molecule has 1 aromatic rings. The summed E-state index contributed by atoms with van der Waals surface area (Å²) in [5.74, 6) is -1.70. The molecule has 20 heavy (non-hydrogen) atoms. The number of likely N-dealkylation sites (tertiary alicyclic amines) is 1. The van der Waals surface area contributed by atoms with Crippen molar-refractivity contribution >= 4 is 17.8 Å². The molecule has 1 fully saturated rings.